The highest BCUT2D eigenvalue weighted by molar-refractivity contribution is 5.86. The fourth-order valence-corrected chi connectivity index (χ4v) is 3.98. The van der Waals surface area contributed by atoms with E-state index in [0.717, 1.165) is 22.3 Å². The van der Waals surface area contributed by atoms with E-state index >= 15 is 0 Å². The maximum Gasteiger partial charge on any atom is 0.407 e. The number of aliphatic carboxylic acids is 1. The summed E-state index contributed by atoms with van der Waals surface area (Å²) in [5, 5.41) is 14.2. The Morgan fingerprint density at radius 1 is 1.03 bits per heavy atom. The number of carboxylic acid groups (broad SMARTS) is 1. The third-order valence-corrected chi connectivity index (χ3v) is 5.42. The average molecular weight is 424 g/mol. The van der Waals surface area contributed by atoms with Gasteiger partial charge in [0.1, 0.15) is 12.6 Å². The van der Waals surface area contributed by atoms with Gasteiger partial charge in [-0.15, -0.1) is 0 Å². The van der Waals surface area contributed by atoms with Crippen molar-refractivity contribution in [1.82, 2.24) is 10.6 Å². The molecule has 164 valence electrons. The number of benzene rings is 2. The molecular formula is C24H28N2O5. The number of rotatable bonds is 8. The Kier molecular flexibility index (Phi) is 6.63. The highest BCUT2D eigenvalue weighted by Crippen LogP contribution is 2.44. The smallest absolute Gasteiger partial charge is 0.407 e. The molecule has 0 fully saturated rings. The number of hydrogen-bond acceptors (Lipinski definition) is 4. The number of carbonyl (C=O) groups excluding carboxylic acids is 2. The van der Waals surface area contributed by atoms with Crippen molar-refractivity contribution in [3.05, 3.63) is 59.7 Å². The predicted molar refractivity (Wildman–Crippen MR) is 117 cm³/mol. The van der Waals surface area contributed by atoms with E-state index in [2.05, 4.69) is 22.8 Å². The third kappa shape index (κ3) is 5.23. The van der Waals surface area contributed by atoms with Crippen LogP contribution in [0.4, 0.5) is 4.79 Å². The predicted octanol–water partition coefficient (Wildman–Crippen LogP) is 3.67. The van der Waals surface area contributed by atoms with Crippen LogP contribution < -0.4 is 10.6 Å². The minimum atomic E-state index is -1.01. The normalized spacial score (nSPS) is 13.6. The van der Waals surface area contributed by atoms with Gasteiger partial charge in [-0.3, -0.25) is 9.59 Å². The molecule has 0 radical (unpaired) electrons. The number of fused-ring (bicyclic) bond motifs is 3. The Labute approximate surface area is 181 Å². The van der Waals surface area contributed by atoms with Crippen molar-refractivity contribution in [2.45, 2.75) is 51.1 Å². The fraction of sp³-hybridized carbons (Fsp3) is 0.375. The van der Waals surface area contributed by atoms with Crippen LogP contribution in [0.2, 0.25) is 0 Å². The van der Waals surface area contributed by atoms with Crippen LogP contribution in [0.15, 0.2) is 48.5 Å². The molecule has 31 heavy (non-hydrogen) atoms. The largest absolute Gasteiger partial charge is 0.481 e. The molecule has 7 heteroatoms. The molecule has 0 aliphatic heterocycles. The van der Waals surface area contributed by atoms with Crippen molar-refractivity contribution in [1.29, 1.82) is 0 Å². The van der Waals surface area contributed by atoms with E-state index in [-0.39, 0.29) is 18.9 Å². The van der Waals surface area contributed by atoms with E-state index < -0.39 is 29.6 Å². The van der Waals surface area contributed by atoms with Crippen LogP contribution in [0, 0.1) is 0 Å². The molecule has 3 rings (SSSR count). The van der Waals surface area contributed by atoms with Crippen LogP contribution in [0.1, 0.15) is 50.7 Å². The number of ether oxygens (including phenoxy) is 1. The first-order chi connectivity index (χ1) is 14.7. The van der Waals surface area contributed by atoms with Gasteiger partial charge in [0.05, 0.1) is 6.42 Å². The number of alkyl carbamates (subject to hydrolysis) is 1. The van der Waals surface area contributed by atoms with Gasteiger partial charge in [0, 0.05) is 11.5 Å². The van der Waals surface area contributed by atoms with E-state index in [1.165, 1.54) is 0 Å². The van der Waals surface area contributed by atoms with Crippen LogP contribution in [-0.2, 0) is 14.3 Å². The molecule has 0 saturated heterocycles. The monoisotopic (exact) mass is 424 g/mol. The van der Waals surface area contributed by atoms with Crippen molar-refractivity contribution in [2.75, 3.05) is 6.61 Å². The van der Waals surface area contributed by atoms with E-state index in [4.69, 9.17) is 9.84 Å². The van der Waals surface area contributed by atoms with E-state index in [0.29, 0.717) is 6.42 Å². The first-order valence-corrected chi connectivity index (χ1v) is 10.4. The van der Waals surface area contributed by atoms with Crippen LogP contribution in [0.5, 0.6) is 0 Å². The molecule has 0 spiro atoms. The van der Waals surface area contributed by atoms with E-state index in [1.54, 1.807) is 20.8 Å². The minimum absolute atomic E-state index is 0.0680. The molecular weight excluding hydrogens is 396 g/mol. The van der Waals surface area contributed by atoms with Crippen LogP contribution in [0.25, 0.3) is 11.1 Å². The van der Waals surface area contributed by atoms with Crippen molar-refractivity contribution in [3.63, 3.8) is 0 Å². The van der Waals surface area contributed by atoms with Gasteiger partial charge >= 0.3 is 12.1 Å². The van der Waals surface area contributed by atoms with Crippen molar-refractivity contribution in [3.8, 4) is 11.1 Å². The first-order valence-electron chi connectivity index (χ1n) is 10.4. The quantitative estimate of drug-likeness (QED) is 0.600. The van der Waals surface area contributed by atoms with Crippen molar-refractivity contribution < 1.29 is 24.2 Å². The van der Waals surface area contributed by atoms with Crippen LogP contribution in [0.3, 0.4) is 0 Å². The average Bonchev–Trinajstić information content (AvgIpc) is 3.03. The summed E-state index contributed by atoms with van der Waals surface area (Å²) in [6, 6.07) is 15.3. The first kappa shape index (κ1) is 22.3. The lowest BCUT2D eigenvalue weighted by atomic mass is 9.98. The summed E-state index contributed by atoms with van der Waals surface area (Å²) in [7, 11) is 0. The number of hydrogen-bond donors (Lipinski definition) is 3. The number of amides is 2. The van der Waals surface area contributed by atoms with Gasteiger partial charge in [-0.25, -0.2) is 4.79 Å². The molecule has 1 aliphatic rings. The Morgan fingerprint density at radius 2 is 1.58 bits per heavy atom. The fourth-order valence-electron chi connectivity index (χ4n) is 3.98. The topological polar surface area (TPSA) is 105 Å². The number of carbonyl (C=O) groups is 3. The van der Waals surface area contributed by atoms with Gasteiger partial charge in [-0.1, -0.05) is 55.5 Å². The summed E-state index contributed by atoms with van der Waals surface area (Å²) in [5.74, 6) is -1.52. The van der Waals surface area contributed by atoms with Crippen molar-refractivity contribution in [2.24, 2.45) is 0 Å². The van der Waals surface area contributed by atoms with Gasteiger partial charge in [-0.05, 0) is 42.5 Å². The van der Waals surface area contributed by atoms with Gasteiger partial charge in [-0.2, -0.15) is 0 Å². The Balaban J connectivity index is 1.62. The summed E-state index contributed by atoms with van der Waals surface area (Å²) < 4.78 is 5.49. The summed E-state index contributed by atoms with van der Waals surface area (Å²) >= 11 is 0. The molecule has 0 heterocycles. The SMILES string of the molecule is CCC(NC(=O)OCC1c2ccccc2-c2ccccc21)C(=O)NC(C)(C)CC(=O)O. The summed E-state index contributed by atoms with van der Waals surface area (Å²) in [6.45, 7) is 5.17. The van der Waals surface area contributed by atoms with Gasteiger partial charge < -0.3 is 20.5 Å². The standard InChI is InChI=1S/C24H28N2O5/c1-4-20(22(29)26-24(2,3)13-21(27)28)25-23(30)31-14-19-17-11-7-5-9-15(17)16-10-6-8-12-18(16)19/h5-12,19-20H,4,13-14H2,1-3H3,(H,25,30)(H,26,29)(H,27,28). The van der Waals surface area contributed by atoms with Crippen LogP contribution in [-0.4, -0.2) is 41.3 Å². The number of nitrogens with one attached hydrogen (secondary N) is 2. The zero-order valence-electron chi connectivity index (χ0n) is 18.0. The lowest BCUT2D eigenvalue weighted by Gasteiger charge is -2.27. The molecule has 7 nitrogen and oxygen atoms in total. The van der Waals surface area contributed by atoms with Crippen molar-refractivity contribution >= 4 is 18.0 Å². The van der Waals surface area contributed by atoms with Gasteiger partial charge in [0.25, 0.3) is 0 Å². The molecule has 3 N–H and O–H groups in total. The summed E-state index contributed by atoms with van der Waals surface area (Å²) in [5.41, 5.74) is 3.56. The lowest BCUT2D eigenvalue weighted by molar-refractivity contribution is -0.138. The van der Waals surface area contributed by atoms with E-state index in [9.17, 15) is 14.4 Å². The van der Waals surface area contributed by atoms with Gasteiger partial charge in [0.2, 0.25) is 5.91 Å². The molecule has 2 aromatic carbocycles. The minimum Gasteiger partial charge on any atom is -0.481 e. The second-order valence-electron chi connectivity index (χ2n) is 8.37. The molecule has 2 aromatic rings. The summed E-state index contributed by atoms with van der Waals surface area (Å²) in [6.07, 6.45) is -0.556. The molecule has 1 atom stereocenters. The molecule has 0 bridgehead atoms. The zero-order chi connectivity index (χ0) is 22.6. The zero-order valence-corrected chi connectivity index (χ0v) is 18.0. The highest BCUT2D eigenvalue weighted by atomic mass is 16.5. The highest BCUT2D eigenvalue weighted by Gasteiger charge is 2.31. The molecule has 0 aromatic heterocycles. The second-order valence-corrected chi connectivity index (χ2v) is 8.37. The maximum atomic E-state index is 12.5. The molecule has 1 aliphatic carbocycles. The molecule has 1 unspecified atom stereocenters. The number of carboxylic acids is 1. The van der Waals surface area contributed by atoms with Crippen LogP contribution >= 0.6 is 0 Å². The lowest BCUT2D eigenvalue weighted by Crippen LogP contribution is -2.53. The van der Waals surface area contributed by atoms with Gasteiger partial charge in [0.15, 0.2) is 0 Å². The Bertz CT molecular complexity index is 940. The Morgan fingerprint density at radius 3 is 2.10 bits per heavy atom. The molecule has 2 amide bonds. The second kappa shape index (κ2) is 9.20. The van der Waals surface area contributed by atoms with E-state index in [1.807, 2.05) is 36.4 Å². The maximum absolute atomic E-state index is 12.5. The molecule has 0 saturated carbocycles. The Hall–Kier alpha value is -3.35. The summed E-state index contributed by atoms with van der Waals surface area (Å²) in [4.78, 5) is 35.9. The third-order valence-electron chi connectivity index (χ3n) is 5.42.